The number of aromatic nitrogens is 2. The largest absolute Gasteiger partial charge is 0.305 e. The van der Waals surface area contributed by atoms with Crippen LogP contribution in [-0.4, -0.2) is 9.55 Å². The van der Waals surface area contributed by atoms with Crippen molar-refractivity contribution in [3.63, 3.8) is 0 Å². The summed E-state index contributed by atoms with van der Waals surface area (Å²) >= 11 is 0. The van der Waals surface area contributed by atoms with Gasteiger partial charge in [-0.25, -0.2) is 4.98 Å². The SMILES string of the molecule is C=C(C)c1ncc(C)n1/C=C\C. The van der Waals surface area contributed by atoms with Crippen molar-refractivity contribution in [3.8, 4) is 0 Å². The maximum absolute atomic E-state index is 4.25. The first-order valence-corrected chi connectivity index (χ1v) is 3.99. The fourth-order valence-electron chi connectivity index (χ4n) is 1.10. The molecule has 0 saturated carbocycles. The average Bonchev–Trinajstić information content (AvgIpc) is 2.34. The minimum absolute atomic E-state index is 0.936. The summed E-state index contributed by atoms with van der Waals surface area (Å²) in [7, 11) is 0. The van der Waals surface area contributed by atoms with Crippen LogP contribution in [0.2, 0.25) is 0 Å². The number of rotatable bonds is 2. The van der Waals surface area contributed by atoms with E-state index in [1.165, 1.54) is 0 Å². The van der Waals surface area contributed by atoms with Gasteiger partial charge in [0.1, 0.15) is 5.82 Å². The zero-order valence-electron chi connectivity index (χ0n) is 7.83. The van der Waals surface area contributed by atoms with Crippen molar-refractivity contribution in [1.29, 1.82) is 0 Å². The summed E-state index contributed by atoms with van der Waals surface area (Å²) in [5.41, 5.74) is 2.12. The van der Waals surface area contributed by atoms with Crippen molar-refractivity contribution in [2.75, 3.05) is 0 Å². The number of nitrogens with zero attached hydrogens (tertiary/aromatic N) is 2. The number of hydrogen-bond acceptors (Lipinski definition) is 1. The normalized spacial score (nSPS) is 10.9. The van der Waals surface area contributed by atoms with E-state index in [0.29, 0.717) is 0 Å². The maximum atomic E-state index is 4.25. The van der Waals surface area contributed by atoms with E-state index in [1.54, 1.807) is 0 Å². The Bertz CT molecular complexity index is 319. The highest BCUT2D eigenvalue weighted by molar-refractivity contribution is 5.57. The van der Waals surface area contributed by atoms with Crippen LogP contribution in [0.4, 0.5) is 0 Å². The van der Waals surface area contributed by atoms with Crippen LogP contribution in [0.1, 0.15) is 25.4 Å². The van der Waals surface area contributed by atoms with Gasteiger partial charge in [-0.3, -0.25) is 0 Å². The Morgan fingerprint density at radius 3 is 2.83 bits per heavy atom. The van der Waals surface area contributed by atoms with Gasteiger partial charge in [0, 0.05) is 18.1 Å². The van der Waals surface area contributed by atoms with Crippen molar-refractivity contribution in [2.45, 2.75) is 20.8 Å². The molecule has 64 valence electrons. The van der Waals surface area contributed by atoms with Crippen LogP contribution in [0.25, 0.3) is 11.8 Å². The predicted molar refractivity (Wildman–Crippen MR) is 52.7 cm³/mol. The van der Waals surface area contributed by atoms with Gasteiger partial charge in [0.05, 0.1) is 0 Å². The highest BCUT2D eigenvalue weighted by Gasteiger charge is 2.03. The summed E-state index contributed by atoms with van der Waals surface area (Å²) in [6.07, 6.45) is 5.83. The quantitative estimate of drug-likeness (QED) is 0.653. The van der Waals surface area contributed by atoms with E-state index in [-0.39, 0.29) is 0 Å². The van der Waals surface area contributed by atoms with E-state index < -0.39 is 0 Å². The molecule has 0 aliphatic carbocycles. The lowest BCUT2D eigenvalue weighted by atomic mass is 10.3. The van der Waals surface area contributed by atoms with E-state index in [4.69, 9.17) is 0 Å². The number of aryl methyl sites for hydroxylation is 1. The molecular weight excluding hydrogens is 148 g/mol. The minimum Gasteiger partial charge on any atom is -0.305 e. The van der Waals surface area contributed by atoms with Gasteiger partial charge in [-0.2, -0.15) is 0 Å². The van der Waals surface area contributed by atoms with Gasteiger partial charge < -0.3 is 4.57 Å². The van der Waals surface area contributed by atoms with Gasteiger partial charge in [0.2, 0.25) is 0 Å². The molecule has 0 saturated heterocycles. The molecule has 1 aromatic heterocycles. The smallest absolute Gasteiger partial charge is 0.139 e. The van der Waals surface area contributed by atoms with Gasteiger partial charge >= 0.3 is 0 Å². The van der Waals surface area contributed by atoms with Gasteiger partial charge in [0.25, 0.3) is 0 Å². The molecule has 0 aliphatic rings. The van der Waals surface area contributed by atoms with Crippen LogP contribution >= 0.6 is 0 Å². The molecule has 0 spiro atoms. The van der Waals surface area contributed by atoms with Crippen LogP contribution in [0.15, 0.2) is 18.9 Å². The third-order valence-electron chi connectivity index (χ3n) is 1.66. The number of allylic oxidation sites excluding steroid dienone is 2. The molecular formula is C10H14N2. The molecule has 0 atom stereocenters. The fraction of sp³-hybridized carbons (Fsp3) is 0.300. The lowest BCUT2D eigenvalue weighted by Gasteiger charge is -2.02. The first kappa shape index (κ1) is 8.78. The van der Waals surface area contributed by atoms with E-state index in [9.17, 15) is 0 Å². The predicted octanol–water partition coefficient (Wildman–Crippen LogP) is 2.72. The lowest BCUT2D eigenvalue weighted by molar-refractivity contribution is 1.04. The Balaban J connectivity index is 3.21. The van der Waals surface area contributed by atoms with Crippen molar-refractivity contribution in [1.82, 2.24) is 9.55 Å². The summed E-state index contributed by atoms with van der Waals surface area (Å²) in [6.45, 7) is 9.84. The molecule has 2 nitrogen and oxygen atoms in total. The monoisotopic (exact) mass is 162 g/mol. The van der Waals surface area contributed by atoms with Gasteiger partial charge in [-0.15, -0.1) is 0 Å². The zero-order chi connectivity index (χ0) is 9.14. The summed E-state index contributed by atoms with van der Waals surface area (Å²) in [4.78, 5) is 4.25. The van der Waals surface area contributed by atoms with E-state index in [1.807, 2.05) is 43.8 Å². The van der Waals surface area contributed by atoms with Crippen molar-refractivity contribution in [2.24, 2.45) is 0 Å². The first-order chi connectivity index (χ1) is 5.66. The van der Waals surface area contributed by atoms with Crippen molar-refractivity contribution in [3.05, 3.63) is 30.4 Å². The molecule has 1 aromatic rings. The average molecular weight is 162 g/mol. The highest BCUT2D eigenvalue weighted by atomic mass is 15.1. The molecule has 0 amide bonds. The van der Waals surface area contributed by atoms with Crippen LogP contribution < -0.4 is 0 Å². The molecule has 0 unspecified atom stereocenters. The fourth-order valence-corrected chi connectivity index (χ4v) is 1.10. The standard InChI is InChI=1S/C10H14N2/c1-5-6-12-9(4)7-11-10(12)8(2)3/h5-7H,2H2,1,3-4H3/b6-5-. The topological polar surface area (TPSA) is 17.8 Å². The van der Waals surface area contributed by atoms with Gasteiger partial charge in [0.15, 0.2) is 0 Å². The van der Waals surface area contributed by atoms with E-state index in [2.05, 4.69) is 11.6 Å². The molecule has 0 aromatic carbocycles. The number of imidazole rings is 1. The summed E-state index contributed by atoms with van der Waals surface area (Å²) in [5.74, 6) is 0.936. The van der Waals surface area contributed by atoms with Crippen LogP contribution in [-0.2, 0) is 0 Å². The Morgan fingerprint density at radius 1 is 1.67 bits per heavy atom. The molecule has 0 aliphatic heterocycles. The van der Waals surface area contributed by atoms with Crippen molar-refractivity contribution < 1.29 is 0 Å². The highest BCUT2D eigenvalue weighted by Crippen LogP contribution is 2.12. The Hall–Kier alpha value is -1.31. The molecule has 2 heteroatoms. The molecule has 1 heterocycles. The van der Waals surface area contributed by atoms with Crippen LogP contribution in [0.5, 0.6) is 0 Å². The van der Waals surface area contributed by atoms with Crippen LogP contribution in [0.3, 0.4) is 0 Å². The molecule has 0 bridgehead atoms. The van der Waals surface area contributed by atoms with Crippen molar-refractivity contribution >= 4 is 11.8 Å². The third-order valence-corrected chi connectivity index (χ3v) is 1.66. The Morgan fingerprint density at radius 2 is 2.33 bits per heavy atom. The molecule has 0 fully saturated rings. The second-order valence-corrected chi connectivity index (χ2v) is 2.86. The van der Waals surface area contributed by atoms with Gasteiger partial charge in [-0.05, 0) is 26.3 Å². The second kappa shape index (κ2) is 3.39. The Labute approximate surface area is 73.2 Å². The third kappa shape index (κ3) is 1.47. The molecule has 0 N–H and O–H groups in total. The van der Waals surface area contributed by atoms with E-state index in [0.717, 1.165) is 17.1 Å². The first-order valence-electron chi connectivity index (χ1n) is 3.99. The maximum Gasteiger partial charge on any atom is 0.139 e. The van der Waals surface area contributed by atoms with Gasteiger partial charge in [-0.1, -0.05) is 12.7 Å². The molecule has 0 radical (unpaired) electrons. The summed E-state index contributed by atoms with van der Waals surface area (Å²) in [5, 5.41) is 0. The van der Waals surface area contributed by atoms with E-state index >= 15 is 0 Å². The minimum atomic E-state index is 0.936. The summed E-state index contributed by atoms with van der Waals surface area (Å²) in [6, 6.07) is 0. The summed E-state index contributed by atoms with van der Waals surface area (Å²) < 4.78 is 2.03. The Kier molecular flexibility index (Phi) is 2.48. The molecule has 1 rings (SSSR count). The second-order valence-electron chi connectivity index (χ2n) is 2.86. The van der Waals surface area contributed by atoms with Crippen LogP contribution in [0, 0.1) is 6.92 Å². The number of hydrogen-bond donors (Lipinski definition) is 0. The zero-order valence-corrected chi connectivity index (χ0v) is 7.83. The lowest BCUT2D eigenvalue weighted by Crippen LogP contribution is -1.94. The molecule has 12 heavy (non-hydrogen) atoms.